The van der Waals surface area contributed by atoms with Crippen LogP contribution in [0.5, 0.6) is 5.75 Å². The van der Waals surface area contributed by atoms with Gasteiger partial charge in [0.1, 0.15) is 11.6 Å². The predicted molar refractivity (Wildman–Crippen MR) is 111 cm³/mol. The summed E-state index contributed by atoms with van der Waals surface area (Å²) in [4.78, 5) is 11.7. The van der Waals surface area contributed by atoms with E-state index >= 15 is 0 Å². The van der Waals surface area contributed by atoms with Gasteiger partial charge in [-0.3, -0.25) is 0 Å². The SMILES string of the molecule is Nc1nc2c(c(N3CC4CCCNC4C3)n1)CCOc1cc(I)ccc1-2. The number of nitrogens with one attached hydrogen (secondary N) is 1. The lowest BCUT2D eigenvalue weighted by Crippen LogP contribution is -2.40. The van der Waals surface area contributed by atoms with Crippen LogP contribution in [0.15, 0.2) is 18.2 Å². The standard InChI is InChI=1S/C19H22IN5O/c20-12-3-4-13-16(8-12)26-7-5-14-17(13)23-19(21)24-18(14)25-9-11-2-1-6-22-15(11)10-25/h3-4,8,11,15,22H,1-2,5-7,9-10H2,(H2,21,23,24). The van der Waals surface area contributed by atoms with E-state index in [2.05, 4.69) is 61.0 Å². The molecule has 136 valence electrons. The molecule has 1 aromatic heterocycles. The summed E-state index contributed by atoms with van der Waals surface area (Å²) in [5, 5.41) is 3.67. The van der Waals surface area contributed by atoms with E-state index in [1.165, 1.54) is 12.8 Å². The van der Waals surface area contributed by atoms with Crippen molar-refractivity contribution in [2.24, 2.45) is 5.92 Å². The Morgan fingerprint density at radius 2 is 2.19 bits per heavy atom. The van der Waals surface area contributed by atoms with E-state index in [1.807, 2.05) is 0 Å². The summed E-state index contributed by atoms with van der Waals surface area (Å²) in [5.74, 6) is 2.93. The maximum atomic E-state index is 6.13. The molecule has 4 heterocycles. The highest BCUT2D eigenvalue weighted by Gasteiger charge is 2.36. The first-order valence-electron chi connectivity index (χ1n) is 9.26. The first-order valence-corrected chi connectivity index (χ1v) is 10.3. The van der Waals surface area contributed by atoms with E-state index in [1.54, 1.807) is 0 Å². The van der Waals surface area contributed by atoms with Gasteiger partial charge >= 0.3 is 0 Å². The zero-order chi connectivity index (χ0) is 17.7. The molecule has 1 aromatic carbocycles. The van der Waals surface area contributed by atoms with Gasteiger partial charge in [0.05, 0.1) is 12.3 Å². The highest BCUT2D eigenvalue weighted by Crippen LogP contribution is 2.40. The van der Waals surface area contributed by atoms with E-state index in [9.17, 15) is 0 Å². The predicted octanol–water partition coefficient (Wildman–Crippen LogP) is 2.45. The number of nitrogen functional groups attached to an aromatic ring is 1. The number of aromatic nitrogens is 2. The molecule has 5 rings (SSSR count). The van der Waals surface area contributed by atoms with Gasteiger partial charge in [-0.25, -0.2) is 4.98 Å². The first-order chi connectivity index (χ1) is 12.7. The van der Waals surface area contributed by atoms with Crippen molar-refractivity contribution < 1.29 is 4.74 Å². The Labute approximate surface area is 166 Å². The van der Waals surface area contributed by atoms with Crippen LogP contribution in [0.1, 0.15) is 18.4 Å². The van der Waals surface area contributed by atoms with Crippen LogP contribution in [0.25, 0.3) is 11.3 Å². The monoisotopic (exact) mass is 463 g/mol. The molecule has 3 aliphatic heterocycles. The van der Waals surface area contributed by atoms with Crippen LogP contribution in [-0.2, 0) is 6.42 Å². The zero-order valence-electron chi connectivity index (χ0n) is 14.5. The summed E-state index contributed by atoms with van der Waals surface area (Å²) < 4.78 is 7.17. The van der Waals surface area contributed by atoms with Crippen molar-refractivity contribution in [2.45, 2.75) is 25.3 Å². The van der Waals surface area contributed by atoms with Gasteiger partial charge in [0.25, 0.3) is 0 Å². The first kappa shape index (κ1) is 16.6. The molecule has 2 aromatic rings. The Bertz CT molecular complexity index is 844. The number of hydrogen-bond acceptors (Lipinski definition) is 6. The normalized spacial score (nSPS) is 24.3. The minimum absolute atomic E-state index is 0.341. The van der Waals surface area contributed by atoms with E-state index in [4.69, 9.17) is 10.5 Å². The molecule has 26 heavy (non-hydrogen) atoms. The maximum absolute atomic E-state index is 6.13. The molecule has 0 radical (unpaired) electrons. The molecule has 2 unspecified atom stereocenters. The topological polar surface area (TPSA) is 76.3 Å². The molecule has 0 aliphatic carbocycles. The quantitative estimate of drug-likeness (QED) is 0.633. The van der Waals surface area contributed by atoms with Crippen LogP contribution in [0, 0.1) is 9.49 Å². The van der Waals surface area contributed by atoms with Crippen LogP contribution < -0.4 is 20.7 Å². The van der Waals surface area contributed by atoms with Gasteiger partial charge in [-0.1, -0.05) is 0 Å². The Balaban J connectivity index is 1.60. The summed E-state index contributed by atoms with van der Waals surface area (Å²) >= 11 is 2.31. The smallest absolute Gasteiger partial charge is 0.222 e. The summed E-state index contributed by atoms with van der Waals surface area (Å²) in [6.45, 7) is 3.80. The summed E-state index contributed by atoms with van der Waals surface area (Å²) in [6, 6.07) is 6.80. The van der Waals surface area contributed by atoms with Crippen molar-refractivity contribution in [3.8, 4) is 17.0 Å². The maximum Gasteiger partial charge on any atom is 0.222 e. The third-order valence-corrected chi connectivity index (χ3v) is 6.38. The van der Waals surface area contributed by atoms with Gasteiger partial charge < -0.3 is 20.7 Å². The van der Waals surface area contributed by atoms with E-state index in [0.717, 1.165) is 58.0 Å². The van der Waals surface area contributed by atoms with Crippen molar-refractivity contribution in [2.75, 3.05) is 36.9 Å². The number of rotatable bonds is 1. The lowest BCUT2D eigenvalue weighted by molar-refractivity contribution is 0.326. The summed E-state index contributed by atoms with van der Waals surface area (Å²) in [6.07, 6.45) is 3.36. The molecular weight excluding hydrogens is 441 g/mol. The van der Waals surface area contributed by atoms with Crippen LogP contribution in [0.2, 0.25) is 0 Å². The average molecular weight is 463 g/mol. The Hall–Kier alpha value is -1.61. The largest absolute Gasteiger partial charge is 0.492 e. The molecule has 3 N–H and O–H groups in total. The molecule has 3 aliphatic rings. The number of nitrogens with zero attached hydrogens (tertiary/aromatic N) is 3. The van der Waals surface area contributed by atoms with Crippen molar-refractivity contribution in [3.63, 3.8) is 0 Å². The van der Waals surface area contributed by atoms with Crippen LogP contribution in [0.3, 0.4) is 0 Å². The molecule has 2 fully saturated rings. The molecular formula is C19H22IN5O. The number of hydrogen-bond donors (Lipinski definition) is 2. The van der Waals surface area contributed by atoms with Gasteiger partial charge in [-0.05, 0) is 66.1 Å². The number of piperidine rings is 1. The van der Waals surface area contributed by atoms with Gasteiger partial charge in [0.2, 0.25) is 5.95 Å². The number of benzene rings is 1. The van der Waals surface area contributed by atoms with Crippen LogP contribution >= 0.6 is 22.6 Å². The van der Waals surface area contributed by atoms with Crippen molar-refractivity contribution >= 4 is 34.4 Å². The van der Waals surface area contributed by atoms with Crippen molar-refractivity contribution in [1.82, 2.24) is 15.3 Å². The molecule has 2 atom stereocenters. The fourth-order valence-electron chi connectivity index (χ4n) is 4.50. The lowest BCUT2D eigenvalue weighted by atomic mass is 9.94. The van der Waals surface area contributed by atoms with E-state index in [-0.39, 0.29) is 0 Å². The number of nitrogens with two attached hydrogens (primary N) is 1. The third-order valence-electron chi connectivity index (χ3n) is 5.71. The highest BCUT2D eigenvalue weighted by atomic mass is 127. The average Bonchev–Trinajstić information content (AvgIpc) is 2.98. The van der Waals surface area contributed by atoms with E-state index < -0.39 is 0 Å². The lowest BCUT2D eigenvalue weighted by Gasteiger charge is -2.24. The molecule has 2 saturated heterocycles. The number of ether oxygens (including phenoxy) is 1. The summed E-state index contributed by atoms with van der Waals surface area (Å²) in [5.41, 5.74) is 9.24. The van der Waals surface area contributed by atoms with E-state index in [0.29, 0.717) is 24.5 Å². The number of halogens is 1. The molecule has 7 heteroatoms. The number of anilines is 2. The zero-order valence-corrected chi connectivity index (χ0v) is 16.7. The van der Waals surface area contributed by atoms with Crippen LogP contribution in [0.4, 0.5) is 11.8 Å². The molecule has 0 spiro atoms. The van der Waals surface area contributed by atoms with Crippen molar-refractivity contribution in [3.05, 3.63) is 27.3 Å². The minimum Gasteiger partial charge on any atom is -0.492 e. The summed E-state index contributed by atoms with van der Waals surface area (Å²) in [7, 11) is 0. The second-order valence-electron chi connectivity index (χ2n) is 7.34. The third kappa shape index (κ3) is 2.81. The van der Waals surface area contributed by atoms with Gasteiger partial charge in [-0.2, -0.15) is 4.98 Å². The fourth-order valence-corrected chi connectivity index (χ4v) is 4.96. The van der Waals surface area contributed by atoms with Crippen LogP contribution in [-0.4, -0.2) is 42.3 Å². The second-order valence-corrected chi connectivity index (χ2v) is 8.59. The van der Waals surface area contributed by atoms with Gasteiger partial charge in [-0.15, -0.1) is 0 Å². The Morgan fingerprint density at radius 3 is 3.08 bits per heavy atom. The molecule has 0 saturated carbocycles. The fraction of sp³-hybridized carbons (Fsp3) is 0.474. The Kier molecular flexibility index (Phi) is 4.16. The molecule has 0 amide bonds. The molecule has 6 nitrogen and oxygen atoms in total. The highest BCUT2D eigenvalue weighted by molar-refractivity contribution is 14.1. The molecule has 0 bridgehead atoms. The van der Waals surface area contributed by atoms with Gasteiger partial charge in [0, 0.05) is 40.2 Å². The minimum atomic E-state index is 0.341. The second kappa shape index (κ2) is 6.53. The Morgan fingerprint density at radius 1 is 1.27 bits per heavy atom. The number of fused-ring (bicyclic) bond motifs is 4. The van der Waals surface area contributed by atoms with Gasteiger partial charge in [0.15, 0.2) is 0 Å². The van der Waals surface area contributed by atoms with Crippen molar-refractivity contribution in [1.29, 1.82) is 0 Å².